The van der Waals surface area contributed by atoms with E-state index in [9.17, 15) is 14.7 Å². The van der Waals surface area contributed by atoms with Crippen LogP contribution in [0.25, 0.3) is 6.08 Å². The van der Waals surface area contributed by atoms with Gasteiger partial charge in [0.15, 0.2) is 5.11 Å². The second-order valence-corrected chi connectivity index (χ2v) is 5.94. The molecule has 2 rings (SSSR count). The number of thiocarbonyl (C=S) groups is 1. The zero-order valence-electron chi connectivity index (χ0n) is 11.6. The van der Waals surface area contributed by atoms with Crippen molar-refractivity contribution in [2.24, 2.45) is 0 Å². The number of anilines is 1. The first-order valence-corrected chi connectivity index (χ1v) is 7.81. The molecule has 8 heteroatoms. The van der Waals surface area contributed by atoms with E-state index in [4.69, 9.17) is 16.6 Å². The number of benzene rings is 1. The van der Waals surface area contributed by atoms with E-state index in [1.807, 2.05) is 22.6 Å². The van der Waals surface area contributed by atoms with Gasteiger partial charge in [0.2, 0.25) is 5.91 Å². The van der Waals surface area contributed by atoms with Gasteiger partial charge in [-0.05, 0) is 71.2 Å². The molecule has 118 valence electrons. The van der Waals surface area contributed by atoms with Crippen molar-refractivity contribution in [2.75, 3.05) is 5.32 Å². The first-order chi connectivity index (χ1) is 11.0. The summed E-state index contributed by atoms with van der Waals surface area (Å²) >= 11 is 7.02. The van der Waals surface area contributed by atoms with Crippen molar-refractivity contribution < 1.29 is 19.1 Å². The summed E-state index contributed by atoms with van der Waals surface area (Å²) in [5.74, 6) is -1.01. The molecule has 1 heterocycles. The smallest absolute Gasteiger partial charge is 0.337 e. The quantitative estimate of drug-likeness (QED) is 0.383. The molecule has 0 spiro atoms. The van der Waals surface area contributed by atoms with Crippen LogP contribution in [-0.4, -0.2) is 22.1 Å². The molecule has 0 aliphatic carbocycles. The third-order valence-electron chi connectivity index (χ3n) is 2.64. The molecule has 0 unspecified atom stereocenters. The van der Waals surface area contributed by atoms with Crippen molar-refractivity contribution in [3.63, 3.8) is 0 Å². The van der Waals surface area contributed by atoms with E-state index in [0.29, 0.717) is 11.4 Å². The van der Waals surface area contributed by atoms with Gasteiger partial charge in [-0.3, -0.25) is 10.1 Å². The second-order valence-electron chi connectivity index (χ2n) is 4.29. The van der Waals surface area contributed by atoms with Crippen LogP contribution in [0.4, 0.5) is 5.69 Å². The van der Waals surface area contributed by atoms with E-state index >= 15 is 0 Å². The number of carbonyl (C=O) groups excluding carboxylic acids is 1. The summed E-state index contributed by atoms with van der Waals surface area (Å²) in [5, 5.41) is 14.3. The molecule has 23 heavy (non-hydrogen) atoms. The Morgan fingerprint density at radius 3 is 2.74 bits per heavy atom. The number of hydrogen-bond acceptors (Lipinski definition) is 4. The molecule has 1 amide bonds. The van der Waals surface area contributed by atoms with Crippen LogP contribution in [0.2, 0.25) is 0 Å². The van der Waals surface area contributed by atoms with E-state index in [1.54, 1.807) is 24.3 Å². The average Bonchev–Trinajstić information content (AvgIpc) is 3.00. The molecule has 1 aromatic carbocycles. The van der Waals surface area contributed by atoms with Gasteiger partial charge < -0.3 is 14.8 Å². The van der Waals surface area contributed by atoms with Crippen molar-refractivity contribution in [1.29, 1.82) is 0 Å². The predicted molar refractivity (Wildman–Crippen MR) is 98.2 cm³/mol. The minimum atomic E-state index is -1.09. The van der Waals surface area contributed by atoms with Gasteiger partial charge in [0, 0.05) is 9.65 Å². The number of hydrogen-bond donors (Lipinski definition) is 3. The van der Waals surface area contributed by atoms with E-state index < -0.39 is 11.9 Å². The number of aromatic carboxylic acids is 1. The summed E-state index contributed by atoms with van der Waals surface area (Å²) in [7, 11) is 0. The fourth-order valence-electron chi connectivity index (χ4n) is 1.65. The topological polar surface area (TPSA) is 91.6 Å². The van der Waals surface area contributed by atoms with Crippen LogP contribution in [0.15, 0.2) is 47.1 Å². The summed E-state index contributed by atoms with van der Waals surface area (Å²) in [4.78, 5) is 22.9. The minimum absolute atomic E-state index is 0.00260. The van der Waals surface area contributed by atoms with Gasteiger partial charge in [-0.25, -0.2) is 4.79 Å². The number of furan rings is 1. The predicted octanol–water partition coefficient (Wildman–Crippen LogP) is 3.11. The van der Waals surface area contributed by atoms with E-state index in [-0.39, 0.29) is 10.7 Å². The Kier molecular flexibility index (Phi) is 5.88. The lowest BCUT2D eigenvalue weighted by atomic mass is 10.2. The van der Waals surface area contributed by atoms with Crippen molar-refractivity contribution in [3.8, 4) is 0 Å². The molecule has 0 atom stereocenters. The third-order valence-corrected chi connectivity index (χ3v) is 3.51. The number of amides is 1. The Morgan fingerprint density at radius 1 is 1.30 bits per heavy atom. The fraction of sp³-hybridized carbons (Fsp3) is 0. The number of carboxylic acids is 1. The monoisotopic (exact) mass is 442 g/mol. The molecule has 0 aliphatic heterocycles. The normalized spacial score (nSPS) is 10.5. The molecule has 1 aromatic heterocycles. The van der Waals surface area contributed by atoms with Crippen molar-refractivity contribution in [1.82, 2.24) is 5.32 Å². The molecule has 0 bridgehead atoms. The number of carboxylic acid groups (broad SMARTS) is 1. The second kappa shape index (κ2) is 7.88. The van der Waals surface area contributed by atoms with Gasteiger partial charge in [-0.15, -0.1) is 0 Å². The van der Waals surface area contributed by atoms with Crippen LogP contribution < -0.4 is 10.6 Å². The Morgan fingerprint density at radius 2 is 2.09 bits per heavy atom. The number of halogens is 1. The summed E-state index contributed by atoms with van der Waals surface area (Å²) in [5.41, 5.74) is 0.373. The summed E-state index contributed by atoms with van der Waals surface area (Å²) in [6, 6.07) is 8.23. The standard InChI is InChI=1S/C15H11IN2O4S/c16-9-3-5-12(11(8-9)14(20)21)17-15(23)18-13(19)6-4-10-2-1-7-22-10/h1-8H,(H,20,21)(H2,17,18,19,23). The summed E-state index contributed by atoms with van der Waals surface area (Å²) < 4.78 is 5.84. The summed E-state index contributed by atoms with van der Waals surface area (Å²) in [6.07, 6.45) is 4.25. The molecule has 2 aromatic rings. The van der Waals surface area contributed by atoms with Crippen molar-refractivity contribution in [2.45, 2.75) is 0 Å². The van der Waals surface area contributed by atoms with Gasteiger partial charge in [-0.1, -0.05) is 0 Å². The van der Waals surface area contributed by atoms with Gasteiger partial charge >= 0.3 is 5.97 Å². The lowest BCUT2D eigenvalue weighted by Gasteiger charge is -2.11. The van der Waals surface area contributed by atoms with Crippen LogP contribution in [0, 0.1) is 3.57 Å². The molecule has 3 N–H and O–H groups in total. The van der Waals surface area contributed by atoms with E-state index in [2.05, 4.69) is 10.6 Å². The number of carbonyl (C=O) groups is 2. The highest BCUT2D eigenvalue weighted by molar-refractivity contribution is 14.1. The fourth-order valence-corrected chi connectivity index (χ4v) is 2.36. The maximum absolute atomic E-state index is 11.7. The largest absolute Gasteiger partial charge is 0.478 e. The molecular formula is C15H11IN2O4S. The Labute approximate surface area is 150 Å². The molecular weight excluding hydrogens is 431 g/mol. The maximum Gasteiger partial charge on any atom is 0.337 e. The number of rotatable bonds is 4. The van der Waals surface area contributed by atoms with E-state index in [1.165, 1.54) is 24.5 Å². The maximum atomic E-state index is 11.7. The van der Waals surface area contributed by atoms with E-state index in [0.717, 1.165) is 3.57 Å². The highest BCUT2D eigenvalue weighted by Crippen LogP contribution is 2.18. The molecule has 6 nitrogen and oxygen atoms in total. The third kappa shape index (κ3) is 5.18. The highest BCUT2D eigenvalue weighted by Gasteiger charge is 2.12. The van der Waals surface area contributed by atoms with Gasteiger partial charge in [0.25, 0.3) is 0 Å². The highest BCUT2D eigenvalue weighted by atomic mass is 127. The SMILES string of the molecule is O=C(C=Cc1ccco1)NC(=S)Nc1ccc(I)cc1C(=O)O. The van der Waals surface area contributed by atoms with Gasteiger partial charge in [0.05, 0.1) is 17.5 Å². The van der Waals surface area contributed by atoms with Crippen LogP contribution >= 0.6 is 34.8 Å². The summed E-state index contributed by atoms with van der Waals surface area (Å²) in [6.45, 7) is 0. The molecule has 0 radical (unpaired) electrons. The van der Waals surface area contributed by atoms with Gasteiger partial charge in [0.1, 0.15) is 5.76 Å². The first-order valence-electron chi connectivity index (χ1n) is 6.32. The Bertz CT molecular complexity index is 772. The molecule has 0 aliphatic rings. The lowest BCUT2D eigenvalue weighted by molar-refractivity contribution is -0.115. The molecule has 0 saturated heterocycles. The number of nitrogens with one attached hydrogen (secondary N) is 2. The Hall–Kier alpha value is -2.20. The van der Waals surface area contributed by atoms with Crippen LogP contribution in [0.1, 0.15) is 16.1 Å². The minimum Gasteiger partial charge on any atom is -0.478 e. The Balaban J connectivity index is 2.00. The first kappa shape index (κ1) is 17.2. The van der Waals surface area contributed by atoms with Gasteiger partial charge in [-0.2, -0.15) is 0 Å². The zero-order chi connectivity index (χ0) is 16.8. The van der Waals surface area contributed by atoms with Crippen LogP contribution in [0.3, 0.4) is 0 Å². The van der Waals surface area contributed by atoms with Crippen molar-refractivity contribution in [3.05, 3.63) is 57.6 Å². The molecule has 0 fully saturated rings. The molecule has 0 saturated carbocycles. The van der Waals surface area contributed by atoms with Crippen LogP contribution in [0.5, 0.6) is 0 Å². The lowest BCUT2D eigenvalue weighted by Crippen LogP contribution is -2.33. The van der Waals surface area contributed by atoms with Crippen LogP contribution in [-0.2, 0) is 4.79 Å². The zero-order valence-corrected chi connectivity index (χ0v) is 14.6. The average molecular weight is 442 g/mol. The van der Waals surface area contributed by atoms with Crippen molar-refractivity contribution >= 4 is 63.6 Å².